The molecule has 0 spiro atoms. The molecular weight excluding hydrogens is 212 g/mol. The molecule has 1 aromatic rings. The van der Waals surface area contributed by atoms with E-state index < -0.39 is 12.0 Å². The second kappa shape index (κ2) is 5.04. The number of aliphatic carboxylic acids is 1. The van der Waals surface area contributed by atoms with E-state index in [2.05, 4.69) is 0 Å². The van der Waals surface area contributed by atoms with Crippen LogP contribution < -0.4 is 11.5 Å². The van der Waals surface area contributed by atoms with Crippen LogP contribution in [0.25, 0.3) is 0 Å². The Balaban J connectivity index is 2.66. The summed E-state index contributed by atoms with van der Waals surface area (Å²) in [6, 6.07) is 4.81. The SMILES string of the molecule is Cc1cccc(SCC(N)C(=O)O)c1N. The average Bonchev–Trinajstić information content (AvgIpc) is 2.19. The molecule has 0 radical (unpaired) electrons. The summed E-state index contributed by atoms with van der Waals surface area (Å²) in [6.45, 7) is 1.91. The van der Waals surface area contributed by atoms with E-state index in [4.69, 9.17) is 16.6 Å². The zero-order valence-corrected chi connectivity index (χ0v) is 9.25. The molecule has 1 rings (SSSR count). The number of aryl methyl sites for hydroxylation is 1. The lowest BCUT2D eigenvalue weighted by molar-refractivity contribution is -0.137. The normalized spacial score (nSPS) is 12.4. The van der Waals surface area contributed by atoms with Crippen molar-refractivity contribution in [2.75, 3.05) is 11.5 Å². The van der Waals surface area contributed by atoms with Crippen molar-refractivity contribution < 1.29 is 9.90 Å². The highest BCUT2D eigenvalue weighted by atomic mass is 32.2. The fourth-order valence-corrected chi connectivity index (χ4v) is 2.02. The zero-order valence-electron chi connectivity index (χ0n) is 8.43. The number of anilines is 1. The number of para-hydroxylation sites is 1. The maximum absolute atomic E-state index is 10.5. The van der Waals surface area contributed by atoms with Crippen LogP contribution in [0.2, 0.25) is 0 Å². The van der Waals surface area contributed by atoms with Crippen LogP contribution in [-0.4, -0.2) is 22.9 Å². The Kier molecular flexibility index (Phi) is 3.99. The second-order valence-corrected chi connectivity index (χ2v) is 4.30. The van der Waals surface area contributed by atoms with Crippen LogP contribution in [0.5, 0.6) is 0 Å². The van der Waals surface area contributed by atoms with Gasteiger partial charge in [0.15, 0.2) is 0 Å². The zero-order chi connectivity index (χ0) is 11.4. The fourth-order valence-electron chi connectivity index (χ4n) is 1.03. The van der Waals surface area contributed by atoms with E-state index in [1.54, 1.807) is 0 Å². The highest BCUT2D eigenvalue weighted by Crippen LogP contribution is 2.27. The maximum Gasteiger partial charge on any atom is 0.321 e. The van der Waals surface area contributed by atoms with Gasteiger partial charge in [-0.1, -0.05) is 12.1 Å². The summed E-state index contributed by atoms with van der Waals surface area (Å²) in [5.74, 6) is -0.670. The second-order valence-electron chi connectivity index (χ2n) is 3.24. The molecule has 0 aromatic heterocycles. The summed E-state index contributed by atoms with van der Waals surface area (Å²) >= 11 is 1.37. The van der Waals surface area contributed by atoms with Gasteiger partial charge in [0.2, 0.25) is 0 Å². The molecule has 5 heteroatoms. The summed E-state index contributed by atoms with van der Waals surface area (Å²) in [4.78, 5) is 11.4. The largest absolute Gasteiger partial charge is 0.480 e. The molecule has 0 bridgehead atoms. The third-order valence-corrected chi connectivity index (χ3v) is 3.21. The number of rotatable bonds is 4. The van der Waals surface area contributed by atoms with Gasteiger partial charge in [0.05, 0.1) is 0 Å². The molecule has 15 heavy (non-hydrogen) atoms. The first-order valence-electron chi connectivity index (χ1n) is 4.48. The fraction of sp³-hybridized carbons (Fsp3) is 0.300. The van der Waals surface area contributed by atoms with Crippen LogP contribution in [0.15, 0.2) is 23.1 Å². The Labute approximate surface area is 92.6 Å². The van der Waals surface area contributed by atoms with Gasteiger partial charge in [0, 0.05) is 16.3 Å². The van der Waals surface area contributed by atoms with E-state index in [9.17, 15) is 4.79 Å². The molecule has 1 aromatic carbocycles. The van der Waals surface area contributed by atoms with Crippen molar-refractivity contribution in [3.05, 3.63) is 23.8 Å². The number of hydrogen-bond acceptors (Lipinski definition) is 4. The molecule has 0 aliphatic rings. The van der Waals surface area contributed by atoms with E-state index in [-0.39, 0.29) is 0 Å². The molecule has 5 N–H and O–H groups in total. The Morgan fingerprint density at radius 3 is 2.87 bits per heavy atom. The predicted molar refractivity (Wildman–Crippen MR) is 61.9 cm³/mol. The highest BCUT2D eigenvalue weighted by molar-refractivity contribution is 7.99. The van der Waals surface area contributed by atoms with Gasteiger partial charge in [-0.15, -0.1) is 11.8 Å². The Morgan fingerprint density at radius 2 is 2.27 bits per heavy atom. The van der Waals surface area contributed by atoms with Crippen molar-refractivity contribution in [1.82, 2.24) is 0 Å². The van der Waals surface area contributed by atoms with E-state index in [0.717, 1.165) is 10.5 Å². The number of nitrogen functional groups attached to an aromatic ring is 1. The van der Waals surface area contributed by atoms with E-state index in [0.29, 0.717) is 11.4 Å². The number of hydrogen-bond donors (Lipinski definition) is 3. The van der Waals surface area contributed by atoms with Gasteiger partial charge in [0.25, 0.3) is 0 Å². The van der Waals surface area contributed by atoms with Gasteiger partial charge < -0.3 is 16.6 Å². The predicted octanol–water partition coefficient (Wildman–Crippen LogP) is 1.08. The molecule has 4 nitrogen and oxygen atoms in total. The van der Waals surface area contributed by atoms with Gasteiger partial charge >= 0.3 is 5.97 Å². The van der Waals surface area contributed by atoms with Crippen molar-refractivity contribution in [1.29, 1.82) is 0 Å². The van der Waals surface area contributed by atoms with Crippen molar-refractivity contribution in [3.63, 3.8) is 0 Å². The topological polar surface area (TPSA) is 89.3 Å². The van der Waals surface area contributed by atoms with Crippen LogP contribution in [0.4, 0.5) is 5.69 Å². The summed E-state index contributed by atoms with van der Waals surface area (Å²) in [5.41, 5.74) is 12.9. The first-order chi connectivity index (χ1) is 7.02. The Morgan fingerprint density at radius 1 is 1.60 bits per heavy atom. The molecule has 0 aliphatic heterocycles. The van der Waals surface area contributed by atoms with Crippen molar-refractivity contribution in [3.8, 4) is 0 Å². The van der Waals surface area contributed by atoms with Gasteiger partial charge in [0.1, 0.15) is 6.04 Å². The lowest BCUT2D eigenvalue weighted by Crippen LogP contribution is -2.32. The lowest BCUT2D eigenvalue weighted by Gasteiger charge is -2.09. The van der Waals surface area contributed by atoms with Crippen LogP contribution in [-0.2, 0) is 4.79 Å². The molecule has 0 amide bonds. The molecule has 0 saturated carbocycles. The summed E-state index contributed by atoms with van der Waals surface area (Å²) in [7, 11) is 0. The quantitative estimate of drug-likeness (QED) is 0.528. The summed E-state index contributed by atoms with van der Waals surface area (Å²) < 4.78 is 0. The van der Waals surface area contributed by atoms with E-state index in [1.807, 2.05) is 25.1 Å². The first kappa shape index (κ1) is 11.9. The van der Waals surface area contributed by atoms with E-state index in [1.165, 1.54) is 11.8 Å². The average molecular weight is 226 g/mol. The molecule has 0 saturated heterocycles. The minimum Gasteiger partial charge on any atom is -0.480 e. The Bertz CT molecular complexity index is 368. The summed E-state index contributed by atoms with van der Waals surface area (Å²) in [6.07, 6.45) is 0. The lowest BCUT2D eigenvalue weighted by atomic mass is 10.2. The Hall–Kier alpha value is -1.20. The molecule has 0 fully saturated rings. The number of carbonyl (C=O) groups is 1. The van der Waals surface area contributed by atoms with Crippen molar-refractivity contribution in [2.45, 2.75) is 17.9 Å². The molecule has 1 atom stereocenters. The molecule has 82 valence electrons. The van der Waals surface area contributed by atoms with Gasteiger partial charge in [-0.2, -0.15) is 0 Å². The van der Waals surface area contributed by atoms with Crippen LogP contribution in [0, 0.1) is 6.92 Å². The van der Waals surface area contributed by atoms with Gasteiger partial charge in [-0.25, -0.2) is 0 Å². The molecular formula is C10H14N2O2S. The number of nitrogens with two attached hydrogens (primary N) is 2. The van der Waals surface area contributed by atoms with Crippen molar-refractivity contribution in [2.24, 2.45) is 5.73 Å². The maximum atomic E-state index is 10.5. The number of thioether (sulfide) groups is 1. The van der Waals surface area contributed by atoms with Crippen molar-refractivity contribution >= 4 is 23.4 Å². The molecule has 1 unspecified atom stereocenters. The standard InChI is InChI=1S/C10H14N2O2S/c1-6-3-2-4-8(9(6)12)15-5-7(11)10(13)14/h2-4,7H,5,11-12H2,1H3,(H,13,14). The summed E-state index contributed by atoms with van der Waals surface area (Å²) in [5, 5.41) is 8.61. The first-order valence-corrected chi connectivity index (χ1v) is 5.47. The smallest absolute Gasteiger partial charge is 0.321 e. The van der Waals surface area contributed by atoms with Crippen LogP contribution in [0.1, 0.15) is 5.56 Å². The van der Waals surface area contributed by atoms with Crippen LogP contribution >= 0.6 is 11.8 Å². The third-order valence-electron chi connectivity index (χ3n) is 2.02. The minimum atomic E-state index is -0.992. The molecule has 0 aliphatic carbocycles. The molecule has 0 heterocycles. The van der Waals surface area contributed by atoms with E-state index >= 15 is 0 Å². The number of carboxylic acid groups (broad SMARTS) is 1. The monoisotopic (exact) mass is 226 g/mol. The number of benzene rings is 1. The third kappa shape index (κ3) is 3.14. The highest BCUT2D eigenvalue weighted by Gasteiger charge is 2.12. The van der Waals surface area contributed by atoms with Gasteiger partial charge in [-0.05, 0) is 18.6 Å². The van der Waals surface area contributed by atoms with Crippen LogP contribution in [0.3, 0.4) is 0 Å². The van der Waals surface area contributed by atoms with Gasteiger partial charge in [-0.3, -0.25) is 4.79 Å². The number of carboxylic acids is 1. The minimum absolute atomic E-state index is 0.322.